The van der Waals surface area contributed by atoms with E-state index in [9.17, 15) is 0 Å². The molecule has 1 radical (unpaired) electrons. The summed E-state index contributed by atoms with van der Waals surface area (Å²) in [4.78, 5) is 0. The van der Waals surface area contributed by atoms with Gasteiger partial charge >= 0.3 is 0 Å². The second kappa shape index (κ2) is 4.27. The molecule has 0 unspecified atom stereocenters. The van der Waals surface area contributed by atoms with E-state index in [1.165, 1.54) is 16.7 Å². The van der Waals surface area contributed by atoms with Crippen molar-refractivity contribution in [2.24, 2.45) is 5.73 Å². The molecule has 65 valence electrons. The van der Waals surface area contributed by atoms with Crippen LogP contribution in [-0.4, -0.2) is 0 Å². The normalized spacial score (nSPS) is 10.2. The van der Waals surface area contributed by atoms with E-state index in [1.807, 2.05) is 0 Å². The highest BCUT2D eigenvalue weighted by molar-refractivity contribution is 5.30. The molecule has 1 rings (SSSR count). The molecule has 0 heterocycles. The van der Waals surface area contributed by atoms with Gasteiger partial charge in [-0.2, -0.15) is 0 Å². The zero-order chi connectivity index (χ0) is 8.97. The minimum atomic E-state index is 0.608. The van der Waals surface area contributed by atoms with Crippen LogP contribution < -0.4 is 5.73 Å². The number of hydrogen-bond acceptors (Lipinski definition) is 1. The fourth-order valence-corrected chi connectivity index (χ4v) is 1.34. The van der Waals surface area contributed by atoms with Crippen molar-refractivity contribution >= 4 is 0 Å². The molecule has 0 aliphatic carbocycles. The fourth-order valence-electron chi connectivity index (χ4n) is 1.34. The zero-order valence-corrected chi connectivity index (χ0v) is 7.85. The molecule has 2 N–H and O–H groups in total. The lowest BCUT2D eigenvalue weighted by molar-refractivity contribution is 0.983. The predicted octanol–water partition coefficient (Wildman–Crippen LogP) is 2.07. The van der Waals surface area contributed by atoms with Crippen LogP contribution in [0.4, 0.5) is 0 Å². The summed E-state index contributed by atoms with van der Waals surface area (Å²) >= 11 is 0. The Balaban J connectivity index is 3.02. The van der Waals surface area contributed by atoms with E-state index in [2.05, 4.69) is 32.0 Å². The maximum Gasteiger partial charge on any atom is 0.0187 e. The minimum Gasteiger partial charge on any atom is -0.326 e. The Bertz CT molecular complexity index is 253. The molecule has 0 atom stereocenters. The summed E-state index contributed by atoms with van der Waals surface area (Å²) in [6, 6.07) is 7.64. The van der Waals surface area contributed by atoms with Crippen LogP contribution in [-0.2, 0) is 19.4 Å². The lowest BCUT2D eigenvalue weighted by Gasteiger charge is -2.06. The Morgan fingerprint density at radius 3 is 2.50 bits per heavy atom. The third-order valence-corrected chi connectivity index (χ3v) is 2.15. The predicted molar refractivity (Wildman–Crippen MR) is 51.9 cm³/mol. The van der Waals surface area contributed by atoms with Crippen LogP contribution in [0.25, 0.3) is 0 Å². The second-order valence-electron chi connectivity index (χ2n) is 2.90. The van der Waals surface area contributed by atoms with Gasteiger partial charge in [-0.15, -0.1) is 0 Å². The highest BCUT2D eigenvalue weighted by Gasteiger charge is 1.99. The van der Waals surface area contributed by atoms with Crippen molar-refractivity contribution in [3.05, 3.63) is 34.9 Å². The average molecular weight is 162 g/mol. The van der Waals surface area contributed by atoms with Crippen molar-refractivity contribution in [3.8, 4) is 0 Å². The van der Waals surface area contributed by atoms with E-state index in [0.29, 0.717) is 6.54 Å². The van der Waals surface area contributed by atoms with Gasteiger partial charge in [0.25, 0.3) is 0 Å². The summed E-state index contributed by atoms with van der Waals surface area (Å²) in [5.41, 5.74) is 9.38. The second-order valence-corrected chi connectivity index (χ2v) is 2.90. The summed E-state index contributed by atoms with van der Waals surface area (Å²) in [5, 5.41) is 0. The van der Waals surface area contributed by atoms with E-state index >= 15 is 0 Å². The molecule has 0 aliphatic heterocycles. The molecule has 0 spiro atoms. The quantitative estimate of drug-likeness (QED) is 0.723. The van der Waals surface area contributed by atoms with Gasteiger partial charge in [-0.25, -0.2) is 0 Å². The molecule has 0 saturated heterocycles. The van der Waals surface area contributed by atoms with Crippen LogP contribution in [0.15, 0.2) is 12.1 Å². The first-order valence-corrected chi connectivity index (χ1v) is 4.54. The van der Waals surface area contributed by atoms with Gasteiger partial charge in [-0.3, -0.25) is 0 Å². The van der Waals surface area contributed by atoms with Gasteiger partial charge in [0, 0.05) is 6.54 Å². The number of benzene rings is 1. The van der Waals surface area contributed by atoms with E-state index in [-0.39, 0.29) is 0 Å². The van der Waals surface area contributed by atoms with Gasteiger partial charge in [-0.1, -0.05) is 26.0 Å². The highest BCUT2D eigenvalue weighted by Crippen LogP contribution is 2.11. The molecule has 12 heavy (non-hydrogen) atoms. The molecule has 0 fully saturated rings. The zero-order valence-electron chi connectivity index (χ0n) is 7.85. The van der Waals surface area contributed by atoms with Crippen LogP contribution in [0.2, 0.25) is 0 Å². The Morgan fingerprint density at radius 1 is 1.25 bits per heavy atom. The van der Waals surface area contributed by atoms with Crippen LogP contribution in [0.1, 0.15) is 30.5 Å². The molecule has 0 amide bonds. The van der Waals surface area contributed by atoms with Crippen LogP contribution in [0.3, 0.4) is 0 Å². The molecule has 0 bridgehead atoms. The van der Waals surface area contributed by atoms with Crippen molar-refractivity contribution in [2.45, 2.75) is 33.2 Å². The topological polar surface area (TPSA) is 26.0 Å². The lowest BCUT2D eigenvalue weighted by atomic mass is 10.0. The molecular weight excluding hydrogens is 146 g/mol. The molecule has 1 heteroatoms. The first-order valence-electron chi connectivity index (χ1n) is 4.54. The maximum atomic E-state index is 5.62. The highest BCUT2D eigenvalue weighted by atomic mass is 14.5. The minimum absolute atomic E-state index is 0.608. The maximum absolute atomic E-state index is 5.62. The summed E-state index contributed by atoms with van der Waals surface area (Å²) in [7, 11) is 0. The SMILES string of the molecule is CCc1[c]c(CN)c(CC)cc1. The average Bonchev–Trinajstić information content (AvgIpc) is 2.16. The van der Waals surface area contributed by atoms with Gasteiger partial charge in [0.2, 0.25) is 0 Å². The summed E-state index contributed by atoms with van der Waals surface area (Å²) < 4.78 is 0. The Kier molecular flexibility index (Phi) is 3.30. The summed E-state index contributed by atoms with van der Waals surface area (Å²) in [6.45, 7) is 4.89. The third-order valence-electron chi connectivity index (χ3n) is 2.15. The molecular formula is C11H16N. The van der Waals surface area contributed by atoms with Crippen molar-refractivity contribution in [3.63, 3.8) is 0 Å². The fraction of sp³-hybridized carbons (Fsp3) is 0.455. The monoisotopic (exact) mass is 162 g/mol. The largest absolute Gasteiger partial charge is 0.326 e. The summed E-state index contributed by atoms with van der Waals surface area (Å²) in [5.74, 6) is 0. The van der Waals surface area contributed by atoms with Gasteiger partial charge in [-0.05, 0) is 35.6 Å². The molecule has 0 aromatic heterocycles. The van der Waals surface area contributed by atoms with Gasteiger partial charge in [0.1, 0.15) is 0 Å². The number of hydrogen-bond donors (Lipinski definition) is 1. The van der Waals surface area contributed by atoms with E-state index < -0.39 is 0 Å². The lowest BCUT2D eigenvalue weighted by Crippen LogP contribution is -2.02. The van der Waals surface area contributed by atoms with Gasteiger partial charge in [0.15, 0.2) is 0 Å². The smallest absolute Gasteiger partial charge is 0.0187 e. The molecule has 1 nitrogen and oxygen atoms in total. The molecule has 0 aliphatic rings. The third kappa shape index (κ3) is 1.86. The van der Waals surface area contributed by atoms with Crippen LogP contribution >= 0.6 is 0 Å². The Labute approximate surface area is 74.6 Å². The summed E-state index contributed by atoms with van der Waals surface area (Å²) in [6.07, 6.45) is 2.09. The van der Waals surface area contributed by atoms with E-state index in [0.717, 1.165) is 12.8 Å². The molecule has 1 aromatic carbocycles. The van der Waals surface area contributed by atoms with Crippen LogP contribution in [0, 0.1) is 6.07 Å². The Hall–Kier alpha value is -0.820. The van der Waals surface area contributed by atoms with E-state index in [1.54, 1.807) is 0 Å². The first-order chi connectivity index (χ1) is 5.81. The number of rotatable bonds is 3. The number of nitrogens with two attached hydrogens (primary N) is 1. The molecule has 0 saturated carbocycles. The first kappa shape index (κ1) is 9.27. The Morgan fingerprint density at radius 2 is 2.00 bits per heavy atom. The number of aryl methyl sites for hydroxylation is 2. The standard InChI is InChI=1S/C11H16N/c1-3-9-5-6-10(4-2)11(7-9)8-12/h5-6H,3-4,8,12H2,1-2H3. The molecule has 1 aromatic rings. The van der Waals surface area contributed by atoms with Gasteiger partial charge in [0.05, 0.1) is 0 Å². The van der Waals surface area contributed by atoms with Gasteiger partial charge < -0.3 is 5.73 Å². The van der Waals surface area contributed by atoms with Crippen molar-refractivity contribution in [1.82, 2.24) is 0 Å². The van der Waals surface area contributed by atoms with Crippen LogP contribution in [0.5, 0.6) is 0 Å². The van der Waals surface area contributed by atoms with Crippen molar-refractivity contribution in [1.29, 1.82) is 0 Å². The van der Waals surface area contributed by atoms with Crippen molar-refractivity contribution in [2.75, 3.05) is 0 Å². The van der Waals surface area contributed by atoms with Crippen molar-refractivity contribution < 1.29 is 0 Å². The van der Waals surface area contributed by atoms with E-state index in [4.69, 9.17) is 5.73 Å².